The Morgan fingerprint density at radius 1 is 1.00 bits per heavy atom. The predicted octanol–water partition coefficient (Wildman–Crippen LogP) is 2.05. The lowest BCUT2D eigenvalue weighted by molar-refractivity contribution is -0.147. The van der Waals surface area contributed by atoms with Crippen LogP contribution in [0.15, 0.2) is 60.7 Å². The van der Waals surface area contributed by atoms with E-state index in [1.165, 1.54) is 0 Å². The van der Waals surface area contributed by atoms with Gasteiger partial charge in [0.15, 0.2) is 12.4 Å². The number of carbonyl (C=O) groups excluding carboxylic acids is 3. The molecule has 1 amide bonds. The summed E-state index contributed by atoms with van der Waals surface area (Å²) in [7, 11) is 0. The highest BCUT2D eigenvalue weighted by Gasteiger charge is 2.41. The zero-order chi connectivity index (χ0) is 19.2. The molecule has 7 nitrogen and oxygen atoms in total. The molecule has 0 aliphatic carbocycles. The van der Waals surface area contributed by atoms with Gasteiger partial charge in [-0.15, -0.1) is 0 Å². The lowest BCUT2D eigenvalue weighted by Crippen LogP contribution is -2.43. The molecule has 2 atom stereocenters. The number of Topliss-reactive ketones (excluding diaryl/α,β-unsaturated/α-hetero) is 1. The second-order valence-electron chi connectivity index (χ2n) is 6.14. The molecule has 1 heterocycles. The Morgan fingerprint density at radius 3 is 2.30 bits per heavy atom. The first-order chi connectivity index (χ1) is 13.0. The van der Waals surface area contributed by atoms with Crippen molar-refractivity contribution in [2.24, 2.45) is 0 Å². The van der Waals surface area contributed by atoms with E-state index in [1.807, 2.05) is 0 Å². The molecular formula is C20H19NO6. The number of aliphatic hydroxyl groups is 1. The second kappa shape index (κ2) is 8.46. The quantitative estimate of drug-likeness (QED) is 0.640. The molecule has 0 aromatic heterocycles. The number of rotatable bonds is 5. The van der Waals surface area contributed by atoms with Crippen LogP contribution in [0.3, 0.4) is 0 Å². The van der Waals surface area contributed by atoms with Gasteiger partial charge < -0.3 is 14.6 Å². The largest absolute Gasteiger partial charge is 0.456 e. The molecule has 3 rings (SSSR count). The highest BCUT2D eigenvalue weighted by molar-refractivity contribution is 5.98. The standard InChI is InChI=1S/C20H19NO6/c22-15-11-17(19(24)26-13-18(23)14-7-3-1-4-8-14)21(12-15)20(25)27-16-9-5-2-6-10-16/h1-10,15,17,22H,11-13H2/t15-,17+/m1/s1. The second-order valence-corrected chi connectivity index (χ2v) is 6.14. The number of para-hydroxylation sites is 1. The average molecular weight is 369 g/mol. The van der Waals surface area contributed by atoms with Crippen LogP contribution in [0.4, 0.5) is 4.79 Å². The van der Waals surface area contributed by atoms with E-state index in [9.17, 15) is 19.5 Å². The minimum Gasteiger partial charge on any atom is -0.456 e. The van der Waals surface area contributed by atoms with Crippen LogP contribution >= 0.6 is 0 Å². The van der Waals surface area contributed by atoms with Crippen LogP contribution in [0.25, 0.3) is 0 Å². The van der Waals surface area contributed by atoms with Gasteiger partial charge in [-0.2, -0.15) is 0 Å². The highest BCUT2D eigenvalue weighted by Crippen LogP contribution is 2.21. The van der Waals surface area contributed by atoms with Crippen molar-refractivity contribution < 1.29 is 29.0 Å². The molecule has 0 saturated carbocycles. The maximum absolute atomic E-state index is 12.4. The molecule has 0 spiro atoms. The van der Waals surface area contributed by atoms with Gasteiger partial charge in [0.1, 0.15) is 11.8 Å². The number of esters is 1. The minimum atomic E-state index is -1.00. The van der Waals surface area contributed by atoms with Crippen molar-refractivity contribution in [1.29, 1.82) is 0 Å². The summed E-state index contributed by atoms with van der Waals surface area (Å²) in [5, 5.41) is 9.87. The fourth-order valence-corrected chi connectivity index (χ4v) is 2.83. The number of hydrogen-bond donors (Lipinski definition) is 1. The lowest BCUT2D eigenvalue weighted by Gasteiger charge is -2.22. The highest BCUT2D eigenvalue weighted by atomic mass is 16.6. The lowest BCUT2D eigenvalue weighted by atomic mass is 10.1. The third-order valence-corrected chi connectivity index (χ3v) is 4.18. The monoisotopic (exact) mass is 369 g/mol. The van der Waals surface area contributed by atoms with Gasteiger partial charge in [-0.3, -0.25) is 9.69 Å². The van der Waals surface area contributed by atoms with Gasteiger partial charge in [0, 0.05) is 12.0 Å². The summed E-state index contributed by atoms with van der Waals surface area (Å²) in [4.78, 5) is 37.9. The summed E-state index contributed by atoms with van der Waals surface area (Å²) in [5.41, 5.74) is 0.428. The van der Waals surface area contributed by atoms with E-state index < -0.39 is 30.8 Å². The third kappa shape index (κ3) is 4.71. The van der Waals surface area contributed by atoms with Gasteiger partial charge >= 0.3 is 12.1 Å². The number of ketones is 1. The predicted molar refractivity (Wildman–Crippen MR) is 95.3 cm³/mol. The van der Waals surface area contributed by atoms with Gasteiger partial charge in [0.05, 0.1) is 12.6 Å². The Labute approximate surface area is 156 Å². The third-order valence-electron chi connectivity index (χ3n) is 4.18. The van der Waals surface area contributed by atoms with E-state index >= 15 is 0 Å². The van der Waals surface area contributed by atoms with Crippen LogP contribution in [0.5, 0.6) is 5.75 Å². The van der Waals surface area contributed by atoms with E-state index in [2.05, 4.69) is 0 Å². The van der Waals surface area contributed by atoms with Gasteiger partial charge in [-0.05, 0) is 12.1 Å². The molecule has 2 aromatic carbocycles. The zero-order valence-corrected chi connectivity index (χ0v) is 14.5. The van der Waals surface area contributed by atoms with Crippen LogP contribution in [-0.4, -0.2) is 53.1 Å². The van der Waals surface area contributed by atoms with Crippen molar-refractivity contribution in [3.05, 3.63) is 66.2 Å². The molecule has 1 saturated heterocycles. The van der Waals surface area contributed by atoms with Gasteiger partial charge in [-0.25, -0.2) is 9.59 Å². The summed E-state index contributed by atoms with van der Waals surface area (Å²) < 4.78 is 10.3. The fraction of sp³-hybridized carbons (Fsp3) is 0.250. The summed E-state index contributed by atoms with van der Waals surface area (Å²) >= 11 is 0. The van der Waals surface area contributed by atoms with Gasteiger partial charge in [-0.1, -0.05) is 48.5 Å². The van der Waals surface area contributed by atoms with E-state index in [0.717, 1.165) is 4.90 Å². The minimum absolute atomic E-state index is 0.0300. The number of carbonyl (C=O) groups is 3. The maximum atomic E-state index is 12.4. The normalized spacial score (nSPS) is 18.8. The van der Waals surface area contributed by atoms with Crippen molar-refractivity contribution in [1.82, 2.24) is 4.90 Å². The Kier molecular flexibility index (Phi) is 5.83. The van der Waals surface area contributed by atoms with Crippen LogP contribution < -0.4 is 4.74 Å². The van der Waals surface area contributed by atoms with Crippen molar-refractivity contribution in [2.45, 2.75) is 18.6 Å². The molecule has 27 heavy (non-hydrogen) atoms. The number of aliphatic hydroxyl groups excluding tert-OH is 1. The SMILES string of the molecule is O=C(COC(=O)[C@@H]1C[C@@H](O)CN1C(=O)Oc1ccccc1)c1ccccc1. The molecule has 1 N–H and O–H groups in total. The molecule has 1 aliphatic heterocycles. The smallest absolute Gasteiger partial charge is 0.416 e. The van der Waals surface area contributed by atoms with E-state index in [-0.39, 0.29) is 18.7 Å². The van der Waals surface area contributed by atoms with Crippen molar-refractivity contribution in [2.75, 3.05) is 13.2 Å². The van der Waals surface area contributed by atoms with Crippen LogP contribution in [0, 0.1) is 0 Å². The van der Waals surface area contributed by atoms with Crippen molar-refractivity contribution in [3.63, 3.8) is 0 Å². The maximum Gasteiger partial charge on any atom is 0.416 e. The fourth-order valence-electron chi connectivity index (χ4n) is 2.83. The first kappa shape index (κ1) is 18.6. The van der Waals surface area contributed by atoms with Crippen LogP contribution in [0.1, 0.15) is 16.8 Å². The molecule has 2 aromatic rings. The number of nitrogens with zero attached hydrogens (tertiary/aromatic N) is 1. The topological polar surface area (TPSA) is 93.1 Å². The van der Waals surface area contributed by atoms with Gasteiger partial charge in [0.25, 0.3) is 0 Å². The number of hydrogen-bond acceptors (Lipinski definition) is 6. The van der Waals surface area contributed by atoms with Gasteiger partial charge in [0.2, 0.25) is 0 Å². The molecule has 140 valence electrons. The van der Waals surface area contributed by atoms with Crippen molar-refractivity contribution >= 4 is 17.8 Å². The Bertz CT molecular complexity index is 808. The zero-order valence-electron chi connectivity index (χ0n) is 14.5. The number of amides is 1. The van der Waals surface area contributed by atoms with Crippen molar-refractivity contribution in [3.8, 4) is 5.75 Å². The Hall–Kier alpha value is -3.19. The molecular weight excluding hydrogens is 350 g/mol. The number of benzene rings is 2. The summed E-state index contributed by atoms with van der Waals surface area (Å²) in [5.74, 6) is -0.767. The molecule has 1 aliphatic rings. The first-order valence-electron chi connectivity index (χ1n) is 8.51. The summed E-state index contributed by atoms with van der Waals surface area (Å²) in [6, 6.07) is 15.9. The Balaban J connectivity index is 1.60. The molecule has 0 bridgehead atoms. The first-order valence-corrected chi connectivity index (χ1v) is 8.51. The molecule has 0 radical (unpaired) electrons. The summed E-state index contributed by atoms with van der Waals surface area (Å²) in [6.45, 7) is -0.477. The van der Waals surface area contributed by atoms with E-state index in [4.69, 9.17) is 9.47 Å². The molecule has 0 unspecified atom stereocenters. The number of ether oxygens (including phenoxy) is 2. The van der Waals surface area contributed by atoms with Crippen LogP contribution in [-0.2, 0) is 9.53 Å². The van der Waals surface area contributed by atoms with E-state index in [1.54, 1.807) is 60.7 Å². The van der Waals surface area contributed by atoms with E-state index in [0.29, 0.717) is 11.3 Å². The van der Waals surface area contributed by atoms with Crippen LogP contribution in [0.2, 0.25) is 0 Å². The molecule has 7 heteroatoms. The number of β-amino-alcohol motifs (C(OH)–C–C–N with tert-alkyl or cyclic N) is 1. The Morgan fingerprint density at radius 2 is 1.63 bits per heavy atom. The summed E-state index contributed by atoms with van der Waals surface area (Å²) in [6.07, 6.45) is -1.59. The number of likely N-dealkylation sites (tertiary alicyclic amines) is 1. The molecule has 1 fully saturated rings. The average Bonchev–Trinajstić information content (AvgIpc) is 3.09.